The molecule has 0 aliphatic heterocycles. The summed E-state index contributed by atoms with van der Waals surface area (Å²) in [6, 6.07) is 1.36. The summed E-state index contributed by atoms with van der Waals surface area (Å²) < 4.78 is 0. The standard InChI is InChI=1S/C8H5N5O2/c14-8(15)5-1-6(12-10-2-5)7-3-9-4-11-13-7/h1-4H,(H,14,15). The molecule has 7 heteroatoms. The number of carbonyl (C=O) groups is 1. The first-order valence-electron chi connectivity index (χ1n) is 3.96. The minimum absolute atomic E-state index is 0.0469. The van der Waals surface area contributed by atoms with E-state index in [2.05, 4.69) is 25.4 Å². The smallest absolute Gasteiger partial charge is 0.337 e. The molecule has 2 rings (SSSR count). The van der Waals surface area contributed by atoms with E-state index < -0.39 is 5.97 Å². The van der Waals surface area contributed by atoms with Gasteiger partial charge in [-0.05, 0) is 6.07 Å². The van der Waals surface area contributed by atoms with Crippen molar-refractivity contribution in [2.75, 3.05) is 0 Å². The molecule has 0 aliphatic rings. The molecule has 15 heavy (non-hydrogen) atoms. The highest BCUT2D eigenvalue weighted by Crippen LogP contribution is 2.11. The second-order valence-corrected chi connectivity index (χ2v) is 2.63. The molecule has 2 aromatic rings. The summed E-state index contributed by atoms with van der Waals surface area (Å²) in [6.07, 6.45) is 3.87. The normalized spacial score (nSPS) is 9.87. The van der Waals surface area contributed by atoms with Crippen LogP contribution in [0, 0.1) is 0 Å². The van der Waals surface area contributed by atoms with Crippen LogP contribution >= 0.6 is 0 Å². The first-order valence-corrected chi connectivity index (χ1v) is 3.96. The molecule has 74 valence electrons. The maximum atomic E-state index is 10.7. The number of aromatic nitrogens is 5. The van der Waals surface area contributed by atoms with E-state index in [1.54, 1.807) is 0 Å². The molecule has 0 saturated carbocycles. The molecule has 0 unspecified atom stereocenters. The van der Waals surface area contributed by atoms with Gasteiger partial charge < -0.3 is 5.11 Å². The number of rotatable bonds is 2. The van der Waals surface area contributed by atoms with Crippen LogP contribution in [0.25, 0.3) is 11.4 Å². The van der Waals surface area contributed by atoms with Crippen LogP contribution in [0.15, 0.2) is 24.8 Å². The summed E-state index contributed by atoms with van der Waals surface area (Å²) >= 11 is 0. The van der Waals surface area contributed by atoms with Crippen LogP contribution in [0.3, 0.4) is 0 Å². The van der Waals surface area contributed by atoms with Crippen LogP contribution in [-0.2, 0) is 0 Å². The van der Waals surface area contributed by atoms with Crippen molar-refractivity contribution < 1.29 is 9.90 Å². The lowest BCUT2D eigenvalue weighted by atomic mass is 10.2. The molecule has 0 saturated heterocycles. The van der Waals surface area contributed by atoms with Crippen LogP contribution in [0.4, 0.5) is 0 Å². The Morgan fingerprint density at radius 2 is 1.93 bits per heavy atom. The molecule has 0 fully saturated rings. The van der Waals surface area contributed by atoms with E-state index in [9.17, 15) is 4.79 Å². The highest BCUT2D eigenvalue weighted by Gasteiger charge is 2.08. The Morgan fingerprint density at radius 1 is 1.13 bits per heavy atom. The van der Waals surface area contributed by atoms with E-state index in [1.165, 1.54) is 18.6 Å². The Hall–Kier alpha value is -2.44. The highest BCUT2D eigenvalue weighted by molar-refractivity contribution is 5.88. The van der Waals surface area contributed by atoms with Crippen LogP contribution in [-0.4, -0.2) is 36.5 Å². The fraction of sp³-hybridized carbons (Fsp3) is 0. The number of hydrogen-bond acceptors (Lipinski definition) is 6. The predicted octanol–water partition coefficient (Wildman–Crippen LogP) is 0.0268. The third-order valence-electron chi connectivity index (χ3n) is 1.64. The van der Waals surface area contributed by atoms with Crippen LogP contribution in [0.5, 0.6) is 0 Å². The van der Waals surface area contributed by atoms with Crippen molar-refractivity contribution in [1.29, 1.82) is 0 Å². The van der Waals surface area contributed by atoms with Crippen molar-refractivity contribution >= 4 is 5.97 Å². The summed E-state index contributed by atoms with van der Waals surface area (Å²) in [4.78, 5) is 14.4. The van der Waals surface area contributed by atoms with Gasteiger partial charge in [0, 0.05) is 0 Å². The molecule has 1 N–H and O–H groups in total. The van der Waals surface area contributed by atoms with Crippen molar-refractivity contribution in [3.8, 4) is 11.4 Å². The first kappa shape index (κ1) is 9.13. The Kier molecular flexibility index (Phi) is 2.28. The van der Waals surface area contributed by atoms with Gasteiger partial charge in [0.2, 0.25) is 0 Å². The molecule has 2 heterocycles. The molecule has 0 atom stereocenters. The van der Waals surface area contributed by atoms with E-state index in [-0.39, 0.29) is 5.56 Å². The lowest BCUT2D eigenvalue weighted by molar-refractivity contribution is 0.0696. The zero-order chi connectivity index (χ0) is 10.7. The van der Waals surface area contributed by atoms with E-state index in [4.69, 9.17) is 5.11 Å². The number of aromatic carboxylic acids is 1. The van der Waals surface area contributed by atoms with Crippen molar-refractivity contribution in [2.24, 2.45) is 0 Å². The van der Waals surface area contributed by atoms with Crippen LogP contribution in [0.1, 0.15) is 10.4 Å². The third kappa shape index (κ3) is 1.90. The summed E-state index contributed by atoms with van der Waals surface area (Å²) in [6.45, 7) is 0. The van der Waals surface area contributed by atoms with E-state index in [1.807, 2.05) is 0 Å². The summed E-state index contributed by atoms with van der Waals surface area (Å²) in [7, 11) is 0. The zero-order valence-electron chi connectivity index (χ0n) is 7.40. The van der Waals surface area contributed by atoms with E-state index >= 15 is 0 Å². The molecular formula is C8H5N5O2. The predicted molar refractivity (Wildman–Crippen MR) is 47.8 cm³/mol. The highest BCUT2D eigenvalue weighted by atomic mass is 16.4. The fourth-order valence-corrected chi connectivity index (χ4v) is 0.974. The largest absolute Gasteiger partial charge is 0.478 e. The van der Waals surface area contributed by atoms with Crippen molar-refractivity contribution in [2.45, 2.75) is 0 Å². The molecule has 0 radical (unpaired) electrons. The van der Waals surface area contributed by atoms with Gasteiger partial charge in [-0.25, -0.2) is 9.78 Å². The third-order valence-corrected chi connectivity index (χ3v) is 1.64. The first-order chi connectivity index (χ1) is 7.27. The van der Waals surface area contributed by atoms with Gasteiger partial charge in [-0.3, -0.25) is 0 Å². The molecule has 0 aromatic carbocycles. The van der Waals surface area contributed by atoms with Gasteiger partial charge in [-0.2, -0.15) is 5.10 Å². The van der Waals surface area contributed by atoms with Gasteiger partial charge >= 0.3 is 5.97 Å². The summed E-state index contributed by atoms with van der Waals surface area (Å²) in [5.74, 6) is -1.07. The fourth-order valence-electron chi connectivity index (χ4n) is 0.974. The van der Waals surface area contributed by atoms with Crippen molar-refractivity contribution in [3.63, 3.8) is 0 Å². The minimum atomic E-state index is -1.07. The zero-order valence-corrected chi connectivity index (χ0v) is 7.40. The average molecular weight is 203 g/mol. The number of carboxylic acids is 1. The van der Waals surface area contributed by atoms with Gasteiger partial charge in [0.25, 0.3) is 0 Å². The van der Waals surface area contributed by atoms with E-state index in [0.717, 1.165) is 6.20 Å². The van der Waals surface area contributed by atoms with Gasteiger partial charge in [0.05, 0.1) is 18.0 Å². The number of hydrogen-bond donors (Lipinski definition) is 1. The lowest BCUT2D eigenvalue weighted by Crippen LogP contribution is -2.00. The minimum Gasteiger partial charge on any atom is -0.478 e. The molecular weight excluding hydrogens is 198 g/mol. The Balaban J connectivity index is 2.46. The van der Waals surface area contributed by atoms with Gasteiger partial charge in [0.1, 0.15) is 17.7 Å². The second kappa shape index (κ2) is 3.74. The molecule has 0 aliphatic carbocycles. The lowest BCUT2D eigenvalue weighted by Gasteiger charge is -1.97. The van der Waals surface area contributed by atoms with Crippen molar-refractivity contribution in [3.05, 3.63) is 30.4 Å². The van der Waals surface area contributed by atoms with Gasteiger partial charge in [-0.15, -0.1) is 15.3 Å². The second-order valence-electron chi connectivity index (χ2n) is 2.63. The Bertz CT molecular complexity index is 487. The van der Waals surface area contributed by atoms with E-state index in [0.29, 0.717) is 11.4 Å². The molecule has 7 nitrogen and oxygen atoms in total. The van der Waals surface area contributed by atoms with Crippen LogP contribution in [0.2, 0.25) is 0 Å². The molecule has 0 spiro atoms. The summed E-state index contributed by atoms with van der Waals surface area (Å²) in [5, 5.41) is 23.3. The number of carboxylic acid groups (broad SMARTS) is 1. The SMILES string of the molecule is O=C(O)c1cnnc(-c2cncnn2)c1. The van der Waals surface area contributed by atoms with Crippen molar-refractivity contribution in [1.82, 2.24) is 25.4 Å². The molecule has 0 bridgehead atoms. The maximum Gasteiger partial charge on any atom is 0.337 e. The Labute approximate surface area is 83.8 Å². The quantitative estimate of drug-likeness (QED) is 0.734. The van der Waals surface area contributed by atoms with Gasteiger partial charge in [-0.1, -0.05) is 0 Å². The topological polar surface area (TPSA) is 102 Å². The number of nitrogens with zero attached hydrogens (tertiary/aromatic N) is 5. The summed E-state index contributed by atoms with van der Waals surface area (Å²) in [5.41, 5.74) is 0.759. The van der Waals surface area contributed by atoms with Gasteiger partial charge in [0.15, 0.2) is 0 Å². The monoisotopic (exact) mass is 203 g/mol. The molecule has 2 aromatic heterocycles. The maximum absolute atomic E-state index is 10.7. The van der Waals surface area contributed by atoms with Crippen LogP contribution < -0.4 is 0 Å². The average Bonchev–Trinajstić information content (AvgIpc) is 2.30. The molecule has 0 amide bonds. The Morgan fingerprint density at radius 3 is 2.60 bits per heavy atom.